The largest absolute Gasteiger partial charge is 0.323 e. The molecule has 2 heterocycles. The number of carbonyl (C=O) groups is 1. The van der Waals surface area contributed by atoms with Gasteiger partial charge in [-0.15, -0.1) is 16.4 Å². The van der Waals surface area contributed by atoms with Crippen molar-refractivity contribution in [1.29, 1.82) is 0 Å². The number of hydrogen-bond donors (Lipinski definition) is 1. The molecule has 0 aliphatic heterocycles. The zero-order valence-corrected chi connectivity index (χ0v) is 14.4. The van der Waals surface area contributed by atoms with Gasteiger partial charge < -0.3 is 4.90 Å². The highest BCUT2D eigenvalue weighted by atomic mass is 32.1. The first-order chi connectivity index (χ1) is 11.6. The van der Waals surface area contributed by atoms with Crippen molar-refractivity contribution in [3.63, 3.8) is 0 Å². The van der Waals surface area contributed by atoms with Crippen molar-refractivity contribution in [3.05, 3.63) is 64.5 Å². The van der Waals surface area contributed by atoms with Gasteiger partial charge in [-0.25, -0.2) is 9.48 Å². The smallest absolute Gasteiger partial charge is 0.320 e. The molecule has 0 unspecified atom stereocenters. The topological polar surface area (TPSA) is 63.1 Å². The van der Waals surface area contributed by atoms with Crippen LogP contribution in [-0.2, 0) is 6.54 Å². The minimum Gasteiger partial charge on any atom is -0.320 e. The van der Waals surface area contributed by atoms with Gasteiger partial charge in [-0.05, 0) is 23.9 Å². The van der Waals surface area contributed by atoms with Gasteiger partial charge in [0.2, 0.25) is 0 Å². The van der Waals surface area contributed by atoms with Gasteiger partial charge in [0, 0.05) is 11.9 Å². The highest BCUT2D eigenvalue weighted by Crippen LogP contribution is 2.23. The summed E-state index contributed by atoms with van der Waals surface area (Å²) in [5.41, 5.74) is 1.13. The van der Waals surface area contributed by atoms with Crippen LogP contribution in [0, 0.1) is 0 Å². The van der Waals surface area contributed by atoms with Gasteiger partial charge in [-0.2, -0.15) is 0 Å². The molecule has 1 aromatic carbocycles. The molecular formula is C17H19N5OS. The van der Waals surface area contributed by atoms with Crippen LogP contribution in [0.4, 0.5) is 10.6 Å². The van der Waals surface area contributed by atoms with E-state index in [1.807, 2.05) is 54.8 Å². The Hall–Kier alpha value is -2.67. The Morgan fingerprint density at radius 3 is 2.79 bits per heavy atom. The lowest BCUT2D eigenvalue weighted by Crippen LogP contribution is -2.33. The maximum atomic E-state index is 12.4. The average Bonchev–Trinajstić information content (AvgIpc) is 3.26. The second-order valence-electron chi connectivity index (χ2n) is 5.52. The van der Waals surface area contributed by atoms with Crippen LogP contribution in [0.1, 0.15) is 23.4 Å². The van der Waals surface area contributed by atoms with Crippen molar-refractivity contribution in [2.45, 2.75) is 19.5 Å². The van der Waals surface area contributed by atoms with Crippen LogP contribution in [0.3, 0.4) is 0 Å². The van der Waals surface area contributed by atoms with Crippen molar-refractivity contribution in [2.24, 2.45) is 0 Å². The zero-order chi connectivity index (χ0) is 16.9. The molecule has 1 N–H and O–H groups in total. The van der Waals surface area contributed by atoms with Crippen molar-refractivity contribution in [2.75, 3.05) is 12.4 Å². The molecule has 2 amide bonds. The number of hydrogen-bond acceptors (Lipinski definition) is 4. The maximum absolute atomic E-state index is 12.4. The molecule has 7 heteroatoms. The molecule has 124 valence electrons. The predicted octanol–water partition coefficient (Wildman–Crippen LogP) is 3.61. The average molecular weight is 341 g/mol. The fraction of sp³-hybridized carbons (Fsp3) is 0.235. The van der Waals surface area contributed by atoms with Gasteiger partial charge in [0.15, 0.2) is 5.82 Å². The molecule has 6 nitrogen and oxygen atoms in total. The SMILES string of the molecule is C[C@@H](c1cccs1)N(C)C(=O)Nc1cn(Cc2ccccc2)nn1. The van der Waals surface area contributed by atoms with Crippen molar-refractivity contribution in [1.82, 2.24) is 19.9 Å². The van der Waals surface area contributed by atoms with Crippen molar-refractivity contribution >= 4 is 23.2 Å². The first kappa shape index (κ1) is 16.2. The molecule has 0 saturated heterocycles. The van der Waals surface area contributed by atoms with Gasteiger partial charge in [0.05, 0.1) is 18.8 Å². The van der Waals surface area contributed by atoms with E-state index in [4.69, 9.17) is 0 Å². The Kier molecular flexibility index (Phi) is 4.90. The Morgan fingerprint density at radius 2 is 2.08 bits per heavy atom. The summed E-state index contributed by atoms with van der Waals surface area (Å²) in [7, 11) is 1.77. The molecule has 0 spiro atoms. The van der Waals surface area contributed by atoms with E-state index in [1.165, 1.54) is 0 Å². The van der Waals surface area contributed by atoms with E-state index in [9.17, 15) is 4.79 Å². The van der Waals surface area contributed by atoms with Crippen LogP contribution in [0.25, 0.3) is 0 Å². The first-order valence-electron chi connectivity index (χ1n) is 7.65. The Labute approximate surface area is 144 Å². The predicted molar refractivity (Wildman–Crippen MR) is 95.1 cm³/mol. The summed E-state index contributed by atoms with van der Waals surface area (Å²) in [4.78, 5) is 15.2. The molecule has 1 atom stereocenters. The van der Waals surface area contributed by atoms with Gasteiger partial charge >= 0.3 is 6.03 Å². The lowest BCUT2D eigenvalue weighted by Gasteiger charge is -2.23. The minimum absolute atomic E-state index is 0.00404. The summed E-state index contributed by atoms with van der Waals surface area (Å²) in [6, 6.07) is 13.8. The Balaban J connectivity index is 1.60. The van der Waals surface area contributed by atoms with Crippen LogP contribution >= 0.6 is 11.3 Å². The number of benzene rings is 1. The van der Waals surface area contributed by atoms with E-state index < -0.39 is 0 Å². The summed E-state index contributed by atoms with van der Waals surface area (Å²) in [6.07, 6.45) is 1.73. The lowest BCUT2D eigenvalue weighted by atomic mass is 10.2. The number of urea groups is 1. The number of anilines is 1. The van der Waals surface area contributed by atoms with E-state index in [1.54, 1.807) is 34.2 Å². The number of aromatic nitrogens is 3. The van der Waals surface area contributed by atoms with E-state index in [0.29, 0.717) is 12.4 Å². The second-order valence-corrected chi connectivity index (χ2v) is 6.50. The van der Waals surface area contributed by atoms with Crippen molar-refractivity contribution in [3.8, 4) is 0 Å². The molecule has 3 rings (SSSR count). The van der Waals surface area contributed by atoms with Crippen LogP contribution in [-0.4, -0.2) is 33.0 Å². The summed E-state index contributed by atoms with van der Waals surface area (Å²) in [5, 5.41) is 12.9. The van der Waals surface area contributed by atoms with Crippen LogP contribution in [0.15, 0.2) is 54.0 Å². The summed E-state index contributed by atoms with van der Waals surface area (Å²) >= 11 is 1.63. The summed E-state index contributed by atoms with van der Waals surface area (Å²) < 4.78 is 1.70. The van der Waals surface area contributed by atoms with Crippen LogP contribution in [0.2, 0.25) is 0 Å². The molecule has 2 aromatic heterocycles. The zero-order valence-electron chi connectivity index (χ0n) is 13.6. The van der Waals surface area contributed by atoms with Gasteiger partial charge in [-0.3, -0.25) is 5.32 Å². The fourth-order valence-electron chi connectivity index (χ4n) is 2.30. The van der Waals surface area contributed by atoms with E-state index in [0.717, 1.165) is 10.4 Å². The molecule has 24 heavy (non-hydrogen) atoms. The first-order valence-corrected chi connectivity index (χ1v) is 8.52. The van der Waals surface area contributed by atoms with Crippen LogP contribution < -0.4 is 5.32 Å². The molecule has 0 radical (unpaired) electrons. The fourth-order valence-corrected chi connectivity index (χ4v) is 3.12. The van der Waals surface area contributed by atoms with Crippen LogP contribution in [0.5, 0.6) is 0 Å². The highest BCUT2D eigenvalue weighted by molar-refractivity contribution is 7.10. The number of nitrogens with one attached hydrogen (secondary N) is 1. The third kappa shape index (κ3) is 3.80. The van der Waals surface area contributed by atoms with E-state index in [2.05, 4.69) is 15.6 Å². The van der Waals surface area contributed by atoms with Gasteiger partial charge in [0.1, 0.15) is 0 Å². The monoisotopic (exact) mass is 341 g/mol. The molecule has 0 saturated carbocycles. The van der Waals surface area contributed by atoms with Crippen molar-refractivity contribution < 1.29 is 4.79 Å². The van der Waals surface area contributed by atoms with Gasteiger partial charge in [0.25, 0.3) is 0 Å². The molecular weight excluding hydrogens is 322 g/mol. The third-order valence-electron chi connectivity index (χ3n) is 3.82. The van der Waals surface area contributed by atoms with Gasteiger partial charge in [-0.1, -0.05) is 41.6 Å². The van der Waals surface area contributed by atoms with E-state index >= 15 is 0 Å². The Morgan fingerprint density at radius 1 is 1.29 bits per heavy atom. The summed E-state index contributed by atoms with van der Waals surface area (Å²) in [6.45, 7) is 2.61. The molecule has 0 bridgehead atoms. The molecule has 0 aliphatic carbocycles. The number of thiophene rings is 1. The molecule has 0 fully saturated rings. The molecule has 0 aliphatic rings. The number of amides is 2. The highest BCUT2D eigenvalue weighted by Gasteiger charge is 2.19. The maximum Gasteiger partial charge on any atom is 0.323 e. The Bertz CT molecular complexity index is 784. The number of carbonyl (C=O) groups excluding carboxylic acids is 1. The second kappa shape index (κ2) is 7.27. The standard InChI is InChI=1S/C17H19N5OS/c1-13(15-9-6-10-24-15)21(2)17(23)18-16-12-22(20-19-16)11-14-7-4-3-5-8-14/h3-10,12-13H,11H2,1-2H3,(H,18,23)/t13-/m0/s1. The number of nitrogens with zero attached hydrogens (tertiary/aromatic N) is 4. The van der Waals surface area contributed by atoms with E-state index in [-0.39, 0.29) is 12.1 Å². The third-order valence-corrected chi connectivity index (χ3v) is 4.86. The normalized spacial score (nSPS) is 11.9. The summed E-state index contributed by atoms with van der Waals surface area (Å²) in [5.74, 6) is 0.446. The quantitative estimate of drug-likeness (QED) is 0.771. The lowest BCUT2D eigenvalue weighted by molar-refractivity contribution is 0.209. The molecule has 3 aromatic rings. The minimum atomic E-state index is -0.206. The number of rotatable bonds is 5.